The van der Waals surface area contributed by atoms with Gasteiger partial charge in [0.15, 0.2) is 17.5 Å². The quantitative estimate of drug-likeness (QED) is 0.171. The van der Waals surface area contributed by atoms with Crippen molar-refractivity contribution in [3.63, 3.8) is 0 Å². The van der Waals surface area contributed by atoms with Crippen LogP contribution in [0.1, 0.15) is 0 Å². The van der Waals surface area contributed by atoms with E-state index < -0.39 is 0 Å². The maximum absolute atomic E-state index is 5.34. The average Bonchev–Trinajstić information content (AvgIpc) is 3.60. The van der Waals surface area contributed by atoms with Crippen molar-refractivity contribution in [1.29, 1.82) is 0 Å². The average molecular weight is 668 g/mol. The minimum atomic E-state index is 0.638. The summed E-state index contributed by atoms with van der Waals surface area (Å²) >= 11 is 1.80. The smallest absolute Gasteiger partial charge is 0.164 e. The monoisotopic (exact) mass is 667 g/mol. The molecule has 2 heterocycles. The summed E-state index contributed by atoms with van der Waals surface area (Å²) in [6.07, 6.45) is 0. The molecule has 0 fully saturated rings. The molecule has 51 heavy (non-hydrogen) atoms. The Morgan fingerprint density at radius 3 is 1.55 bits per heavy atom. The Morgan fingerprint density at radius 1 is 0.314 bits per heavy atom. The molecule has 0 saturated carbocycles. The lowest BCUT2D eigenvalue weighted by molar-refractivity contribution is 1.08. The van der Waals surface area contributed by atoms with Crippen LogP contribution >= 0.6 is 11.3 Å². The fourth-order valence-corrected chi connectivity index (χ4v) is 8.44. The largest absolute Gasteiger partial charge is 0.208 e. The molecular formula is C47H29N3S. The molecule has 0 atom stereocenters. The molecule has 0 bridgehead atoms. The van der Waals surface area contributed by atoms with Gasteiger partial charge in [-0.2, -0.15) is 0 Å². The van der Waals surface area contributed by atoms with E-state index in [2.05, 4.69) is 176 Å². The number of fused-ring (bicyclic) bond motifs is 6. The molecule has 10 aromatic rings. The summed E-state index contributed by atoms with van der Waals surface area (Å²) in [6, 6.07) is 62.2. The van der Waals surface area contributed by atoms with Gasteiger partial charge in [0, 0.05) is 42.2 Å². The zero-order valence-corrected chi connectivity index (χ0v) is 28.3. The summed E-state index contributed by atoms with van der Waals surface area (Å²) < 4.78 is 2.46. The molecule has 238 valence electrons. The number of benzene rings is 8. The van der Waals surface area contributed by atoms with Crippen molar-refractivity contribution in [3.05, 3.63) is 176 Å². The van der Waals surface area contributed by atoms with Crippen LogP contribution in [0.4, 0.5) is 0 Å². The normalized spacial score (nSPS) is 11.5. The zero-order chi connectivity index (χ0) is 33.7. The minimum absolute atomic E-state index is 0.638. The topological polar surface area (TPSA) is 38.7 Å². The van der Waals surface area contributed by atoms with Crippen molar-refractivity contribution in [2.75, 3.05) is 0 Å². The van der Waals surface area contributed by atoms with Crippen LogP contribution in [-0.2, 0) is 0 Å². The van der Waals surface area contributed by atoms with Gasteiger partial charge in [0.25, 0.3) is 0 Å². The predicted octanol–water partition coefficient (Wildman–Crippen LogP) is 12.9. The molecule has 0 N–H and O–H groups in total. The molecule has 0 aliphatic rings. The van der Waals surface area contributed by atoms with Crippen molar-refractivity contribution >= 4 is 53.1 Å². The SMILES string of the molecule is c1ccc(-c2cc(-c3ccccc3)cc(-c3nc(-c4cccc5ccc6ccccc6c45)nc(-c4cccc5sc6ccccc6c45)n3)c2)cc1. The second kappa shape index (κ2) is 12.1. The summed E-state index contributed by atoms with van der Waals surface area (Å²) in [5, 5.41) is 7.04. The first-order chi connectivity index (χ1) is 25.3. The molecule has 0 radical (unpaired) electrons. The number of hydrogen-bond acceptors (Lipinski definition) is 4. The van der Waals surface area contributed by atoms with Gasteiger partial charge in [0.1, 0.15) is 0 Å². The summed E-state index contributed by atoms with van der Waals surface area (Å²) in [6.45, 7) is 0. The predicted molar refractivity (Wildman–Crippen MR) is 215 cm³/mol. The second-order valence-electron chi connectivity index (χ2n) is 12.8. The number of thiophene rings is 1. The van der Waals surface area contributed by atoms with Gasteiger partial charge in [-0.1, -0.05) is 146 Å². The Bertz CT molecular complexity index is 2860. The van der Waals surface area contributed by atoms with E-state index in [1.807, 2.05) is 0 Å². The first-order valence-corrected chi connectivity index (χ1v) is 17.9. The van der Waals surface area contributed by atoms with Crippen LogP contribution in [0.5, 0.6) is 0 Å². The fourth-order valence-electron chi connectivity index (χ4n) is 7.30. The number of aromatic nitrogens is 3. The highest BCUT2D eigenvalue weighted by molar-refractivity contribution is 7.25. The minimum Gasteiger partial charge on any atom is -0.208 e. The van der Waals surface area contributed by atoms with Gasteiger partial charge < -0.3 is 0 Å². The molecule has 0 spiro atoms. The summed E-state index contributed by atoms with van der Waals surface area (Å²) in [5.41, 5.74) is 7.42. The van der Waals surface area contributed by atoms with Crippen LogP contribution in [-0.4, -0.2) is 15.0 Å². The number of nitrogens with zero attached hydrogens (tertiary/aromatic N) is 3. The lowest BCUT2D eigenvalue weighted by Gasteiger charge is -2.14. The molecule has 10 rings (SSSR count). The molecule has 0 amide bonds. The van der Waals surface area contributed by atoms with E-state index in [1.165, 1.54) is 30.9 Å². The molecule has 3 nitrogen and oxygen atoms in total. The second-order valence-corrected chi connectivity index (χ2v) is 13.9. The van der Waals surface area contributed by atoms with E-state index in [0.29, 0.717) is 17.5 Å². The Kier molecular flexibility index (Phi) is 7.00. The number of rotatable bonds is 5. The summed E-state index contributed by atoms with van der Waals surface area (Å²) in [7, 11) is 0. The van der Waals surface area contributed by atoms with Gasteiger partial charge in [0.05, 0.1) is 0 Å². The summed E-state index contributed by atoms with van der Waals surface area (Å²) in [4.78, 5) is 16.0. The van der Waals surface area contributed by atoms with Crippen molar-refractivity contribution in [1.82, 2.24) is 15.0 Å². The van der Waals surface area contributed by atoms with E-state index in [1.54, 1.807) is 11.3 Å². The van der Waals surface area contributed by atoms with Crippen LogP contribution in [0, 0.1) is 0 Å². The van der Waals surface area contributed by atoms with Gasteiger partial charge >= 0.3 is 0 Å². The van der Waals surface area contributed by atoms with Gasteiger partial charge in [-0.3, -0.25) is 0 Å². The van der Waals surface area contributed by atoms with Crippen LogP contribution in [0.2, 0.25) is 0 Å². The van der Waals surface area contributed by atoms with Crippen LogP contribution in [0.15, 0.2) is 176 Å². The van der Waals surface area contributed by atoms with Crippen molar-refractivity contribution in [2.45, 2.75) is 0 Å². The Balaban J connectivity index is 1.29. The van der Waals surface area contributed by atoms with E-state index in [-0.39, 0.29) is 0 Å². The van der Waals surface area contributed by atoms with E-state index in [9.17, 15) is 0 Å². The highest BCUT2D eigenvalue weighted by atomic mass is 32.1. The van der Waals surface area contributed by atoms with Gasteiger partial charge in [-0.15, -0.1) is 11.3 Å². The van der Waals surface area contributed by atoms with E-state index in [0.717, 1.165) is 49.7 Å². The Labute approximate surface area is 299 Å². The van der Waals surface area contributed by atoms with E-state index >= 15 is 0 Å². The third kappa shape index (κ3) is 5.16. The molecular weight excluding hydrogens is 639 g/mol. The molecule has 0 aliphatic carbocycles. The summed E-state index contributed by atoms with van der Waals surface area (Å²) in [5.74, 6) is 1.95. The third-order valence-electron chi connectivity index (χ3n) is 9.69. The Morgan fingerprint density at radius 2 is 0.824 bits per heavy atom. The molecule has 2 aromatic heterocycles. The highest BCUT2D eigenvalue weighted by Crippen LogP contribution is 2.41. The Hall–Kier alpha value is -6.49. The standard InChI is InChI=1S/C47H29N3S/c1-3-13-30(14-4-1)34-27-35(31-15-5-2-6-16-31)29-36(28-34)45-48-46(39-21-11-18-33-26-25-32-17-7-8-19-37(32)43(33)39)50-47(49-45)40-22-12-24-42-44(40)38-20-9-10-23-41(38)51-42/h1-29H. The molecule has 0 unspecified atom stereocenters. The van der Waals surface area contributed by atoms with Gasteiger partial charge in [-0.05, 0) is 68.7 Å². The molecule has 8 aromatic carbocycles. The first kappa shape index (κ1) is 29.4. The van der Waals surface area contributed by atoms with E-state index in [4.69, 9.17) is 15.0 Å². The molecule has 4 heteroatoms. The van der Waals surface area contributed by atoms with Gasteiger partial charge in [-0.25, -0.2) is 15.0 Å². The molecule has 0 aliphatic heterocycles. The maximum atomic E-state index is 5.34. The van der Waals surface area contributed by atoms with Crippen LogP contribution in [0.25, 0.3) is 98.1 Å². The van der Waals surface area contributed by atoms with Crippen molar-refractivity contribution in [2.24, 2.45) is 0 Å². The van der Waals surface area contributed by atoms with Crippen molar-refractivity contribution < 1.29 is 0 Å². The lowest BCUT2D eigenvalue weighted by atomic mass is 9.95. The van der Waals surface area contributed by atoms with Crippen molar-refractivity contribution in [3.8, 4) is 56.4 Å². The van der Waals surface area contributed by atoms with Crippen LogP contribution < -0.4 is 0 Å². The zero-order valence-electron chi connectivity index (χ0n) is 27.5. The third-order valence-corrected chi connectivity index (χ3v) is 10.8. The first-order valence-electron chi connectivity index (χ1n) is 17.1. The maximum Gasteiger partial charge on any atom is 0.164 e. The van der Waals surface area contributed by atoms with Crippen LogP contribution in [0.3, 0.4) is 0 Å². The van der Waals surface area contributed by atoms with Gasteiger partial charge in [0.2, 0.25) is 0 Å². The lowest BCUT2D eigenvalue weighted by Crippen LogP contribution is -2.01. The highest BCUT2D eigenvalue weighted by Gasteiger charge is 2.19. The molecule has 0 saturated heterocycles. The number of hydrogen-bond donors (Lipinski definition) is 0. The fraction of sp³-hybridized carbons (Fsp3) is 0.